The van der Waals surface area contributed by atoms with Crippen molar-refractivity contribution in [2.75, 3.05) is 6.54 Å². The van der Waals surface area contributed by atoms with E-state index < -0.39 is 23.8 Å². The van der Waals surface area contributed by atoms with Crippen molar-refractivity contribution in [1.82, 2.24) is 15.5 Å². The molecule has 7 nitrogen and oxygen atoms in total. The Morgan fingerprint density at radius 3 is 2.14 bits per heavy atom. The van der Waals surface area contributed by atoms with Gasteiger partial charge in [-0.2, -0.15) is 0 Å². The van der Waals surface area contributed by atoms with Crippen molar-refractivity contribution in [2.45, 2.75) is 105 Å². The first-order valence-electron chi connectivity index (χ1n) is 13.0. The van der Waals surface area contributed by atoms with Gasteiger partial charge in [-0.25, -0.2) is 4.79 Å². The number of amides is 3. The van der Waals surface area contributed by atoms with Gasteiger partial charge in [-0.05, 0) is 70.6 Å². The maximum atomic E-state index is 14.1. The van der Waals surface area contributed by atoms with Gasteiger partial charge in [0.1, 0.15) is 17.7 Å². The molecule has 0 heterocycles. The van der Waals surface area contributed by atoms with E-state index in [4.69, 9.17) is 4.74 Å². The summed E-state index contributed by atoms with van der Waals surface area (Å²) in [5, 5.41) is 5.88. The maximum absolute atomic E-state index is 14.1. The Hall–Kier alpha value is -2.83. The lowest BCUT2D eigenvalue weighted by atomic mass is 9.91. The van der Waals surface area contributed by atoms with E-state index in [1.54, 1.807) is 26.8 Å². The molecule has 4 unspecified atom stereocenters. The quantitative estimate of drug-likeness (QED) is 0.365. The molecular weight excluding hydrogens is 454 g/mol. The van der Waals surface area contributed by atoms with Crippen molar-refractivity contribution in [3.63, 3.8) is 0 Å². The minimum absolute atomic E-state index is 0.0414. The summed E-state index contributed by atoms with van der Waals surface area (Å²) in [7, 11) is 0. The molecule has 3 amide bonds. The molecule has 0 fully saturated rings. The normalized spacial score (nSPS) is 14.7. The molecule has 0 radical (unpaired) electrons. The van der Waals surface area contributed by atoms with E-state index in [0.717, 1.165) is 29.5 Å². The standard InChI is InChI=1S/C29H47N3O4/c1-11-15-22(7)30-26(33)25(23-20(5)16-14-17-21(23)6)32(18-12-2)27(34)24(19(4)13-3)31-28(35)36-29(8,9)10/h12,14,16-17,19,22,24-25H,2,11,13,15,18H2,1,3-10H3,(H,30,33)(H,31,35). The number of carbonyl (C=O) groups excluding carboxylic acids is 3. The SMILES string of the molecule is C=CCN(C(=O)C(NC(=O)OC(C)(C)C)C(C)CC)C(C(=O)NC(C)CCC)c1c(C)cccc1C. The molecule has 1 aromatic carbocycles. The summed E-state index contributed by atoms with van der Waals surface area (Å²) in [6.45, 7) is 21.1. The van der Waals surface area contributed by atoms with Gasteiger partial charge in [0.25, 0.3) is 0 Å². The fourth-order valence-corrected chi connectivity index (χ4v) is 4.27. The fraction of sp³-hybridized carbons (Fsp3) is 0.621. The zero-order valence-electron chi connectivity index (χ0n) is 23.7. The summed E-state index contributed by atoms with van der Waals surface area (Å²) < 4.78 is 5.44. The third-order valence-corrected chi connectivity index (χ3v) is 6.25. The van der Waals surface area contributed by atoms with E-state index in [0.29, 0.717) is 6.42 Å². The van der Waals surface area contributed by atoms with Crippen molar-refractivity contribution in [3.8, 4) is 0 Å². The molecule has 0 aliphatic heterocycles. The van der Waals surface area contributed by atoms with E-state index in [1.807, 2.05) is 52.8 Å². The molecule has 0 saturated carbocycles. The van der Waals surface area contributed by atoms with E-state index in [9.17, 15) is 14.4 Å². The van der Waals surface area contributed by atoms with Crippen LogP contribution in [0.15, 0.2) is 30.9 Å². The summed E-state index contributed by atoms with van der Waals surface area (Å²) in [6, 6.07) is 4.05. The van der Waals surface area contributed by atoms with Crippen molar-refractivity contribution < 1.29 is 19.1 Å². The zero-order valence-corrected chi connectivity index (χ0v) is 23.7. The van der Waals surface area contributed by atoms with E-state index in [1.165, 1.54) is 4.90 Å². The molecule has 7 heteroatoms. The minimum atomic E-state index is -0.872. The molecule has 0 aliphatic carbocycles. The van der Waals surface area contributed by atoms with Crippen LogP contribution in [0.5, 0.6) is 0 Å². The molecule has 4 atom stereocenters. The highest BCUT2D eigenvalue weighted by Crippen LogP contribution is 2.29. The number of aryl methyl sites for hydroxylation is 2. The molecule has 202 valence electrons. The van der Waals surface area contributed by atoms with Gasteiger partial charge in [-0.3, -0.25) is 9.59 Å². The van der Waals surface area contributed by atoms with Crippen LogP contribution in [-0.4, -0.2) is 47.0 Å². The van der Waals surface area contributed by atoms with Gasteiger partial charge in [0.2, 0.25) is 11.8 Å². The molecule has 0 bridgehead atoms. The number of rotatable bonds is 12. The van der Waals surface area contributed by atoms with Gasteiger partial charge in [-0.1, -0.05) is 57.9 Å². The number of nitrogens with zero attached hydrogens (tertiary/aromatic N) is 1. The Morgan fingerprint density at radius 1 is 1.08 bits per heavy atom. The van der Waals surface area contributed by atoms with Crippen LogP contribution < -0.4 is 10.6 Å². The number of alkyl carbamates (subject to hydrolysis) is 1. The number of hydrogen-bond donors (Lipinski definition) is 2. The summed E-state index contributed by atoms with van der Waals surface area (Å²) >= 11 is 0. The molecule has 0 spiro atoms. The lowest BCUT2D eigenvalue weighted by Gasteiger charge is -2.37. The average Bonchev–Trinajstić information content (AvgIpc) is 2.76. The predicted octanol–water partition coefficient (Wildman–Crippen LogP) is 5.60. The van der Waals surface area contributed by atoms with Crippen LogP contribution in [0.2, 0.25) is 0 Å². The highest BCUT2D eigenvalue weighted by Gasteiger charge is 2.38. The second-order valence-electron chi connectivity index (χ2n) is 10.7. The minimum Gasteiger partial charge on any atom is -0.444 e. The van der Waals surface area contributed by atoms with Crippen LogP contribution in [-0.2, 0) is 14.3 Å². The van der Waals surface area contributed by atoms with Crippen molar-refractivity contribution in [3.05, 3.63) is 47.5 Å². The largest absolute Gasteiger partial charge is 0.444 e. The third-order valence-electron chi connectivity index (χ3n) is 6.25. The van der Waals surface area contributed by atoms with Crippen LogP contribution in [0.3, 0.4) is 0 Å². The molecule has 1 aromatic rings. The topological polar surface area (TPSA) is 87.7 Å². The van der Waals surface area contributed by atoms with Crippen LogP contribution in [0.25, 0.3) is 0 Å². The predicted molar refractivity (Wildman–Crippen MR) is 146 cm³/mol. The van der Waals surface area contributed by atoms with Gasteiger partial charge in [0, 0.05) is 12.6 Å². The maximum Gasteiger partial charge on any atom is 0.408 e. The molecule has 36 heavy (non-hydrogen) atoms. The lowest BCUT2D eigenvalue weighted by molar-refractivity contribution is -0.143. The second-order valence-corrected chi connectivity index (χ2v) is 10.7. The number of hydrogen-bond acceptors (Lipinski definition) is 4. The van der Waals surface area contributed by atoms with Crippen molar-refractivity contribution in [1.29, 1.82) is 0 Å². The molecule has 0 aliphatic rings. The lowest BCUT2D eigenvalue weighted by Crippen LogP contribution is -2.55. The fourth-order valence-electron chi connectivity index (χ4n) is 4.27. The van der Waals surface area contributed by atoms with Gasteiger partial charge < -0.3 is 20.3 Å². The van der Waals surface area contributed by atoms with Gasteiger partial charge in [0.15, 0.2) is 0 Å². The second kappa shape index (κ2) is 14.0. The average molecular weight is 502 g/mol. The first kappa shape index (κ1) is 31.2. The first-order chi connectivity index (χ1) is 16.8. The smallest absolute Gasteiger partial charge is 0.408 e. The molecule has 0 aromatic heterocycles. The van der Waals surface area contributed by atoms with E-state index in [-0.39, 0.29) is 30.3 Å². The highest BCUT2D eigenvalue weighted by molar-refractivity contribution is 5.93. The Labute approximate surface area is 218 Å². The highest BCUT2D eigenvalue weighted by atomic mass is 16.6. The van der Waals surface area contributed by atoms with Crippen LogP contribution in [0.1, 0.15) is 90.5 Å². The molecule has 2 N–H and O–H groups in total. The third kappa shape index (κ3) is 8.99. The van der Waals surface area contributed by atoms with Crippen LogP contribution in [0.4, 0.5) is 4.79 Å². The van der Waals surface area contributed by atoms with Gasteiger partial charge >= 0.3 is 6.09 Å². The Balaban J connectivity index is 3.58. The Kier molecular flexibility index (Phi) is 12.2. The zero-order chi connectivity index (χ0) is 27.6. The van der Waals surface area contributed by atoms with Gasteiger partial charge in [0.05, 0.1) is 0 Å². The summed E-state index contributed by atoms with van der Waals surface area (Å²) in [6.07, 6.45) is 3.37. The number of ether oxygens (including phenoxy) is 1. The molecular formula is C29H47N3O4. The monoisotopic (exact) mass is 501 g/mol. The summed E-state index contributed by atoms with van der Waals surface area (Å²) in [4.78, 5) is 42.1. The van der Waals surface area contributed by atoms with Crippen LogP contribution >= 0.6 is 0 Å². The van der Waals surface area contributed by atoms with Crippen LogP contribution in [0, 0.1) is 19.8 Å². The molecule has 1 rings (SSSR count). The van der Waals surface area contributed by atoms with Gasteiger partial charge in [-0.15, -0.1) is 6.58 Å². The Morgan fingerprint density at radius 2 is 1.67 bits per heavy atom. The van der Waals surface area contributed by atoms with E-state index >= 15 is 0 Å². The molecule has 0 saturated heterocycles. The van der Waals surface area contributed by atoms with Crippen molar-refractivity contribution >= 4 is 17.9 Å². The van der Waals surface area contributed by atoms with Crippen molar-refractivity contribution in [2.24, 2.45) is 5.92 Å². The first-order valence-corrected chi connectivity index (χ1v) is 13.0. The van der Waals surface area contributed by atoms with E-state index in [2.05, 4.69) is 24.1 Å². The number of nitrogens with one attached hydrogen (secondary N) is 2. The number of benzene rings is 1. The summed E-state index contributed by atoms with van der Waals surface area (Å²) in [5.41, 5.74) is 1.92. The number of carbonyl (C=O) groups is 3. The summed E-state index contributed by atoms with van der Waals surface area (Å²) in [5.74, 6) is -0.775. The Bertz CT molecular complexity index is 886.